The molecule has 0 spiro atoms. The van der Waals surface area contributed by atoms with Crippen LogP contribution in [0.15, 0.2) is 57.2 Å². The number of nitrogens with zero attached hydrogens (tertiary/aromatic N) is 3. The molecule has 2 N–H and O–H groups in total. The predicted molar refractivity (Wildman–Crippen MR) is 103 cm³/mol. The van der Waals surface area contributed by atoms with Crippen LogP contribution in [-0.4, -0.2) is 20.0 Å². The molecule has 0 aliphatic heterocycles. The zero-order chi connectivity index (χ0) is 18.8. The first-order valence-electron chi connectivity index (χ1n) is 8.25. The van der Waals surface area contributed by atoms with E-state index in [1.807, 2.05) is 49.4 Å². The van der Waals surface area contributed by atoms with Crippen molar-refractivity contribution in [2.45, 2.75) is 13.3 Å². The standard InChI is InChI=1S/C19H20N4O3/c1-4-14(16-17(24)22(2)19(26)23(3)18(16)25)20-21-15-11-7-9-12-8-5-6-10-13(12)15/h5-11,21,24H,4H2,1-3H3/b20-14+. The Kier molecular flexibility index (Phi) is 4.62. The topological polar surface area (TPSA) is 88.6 Å². The SMILES string of the molecule is CC/C(=N\Nc1cccc2ccccc12)c1c(O)n(C)c(=O)n(C)c1=O. The summed E-state index contributed by atoms with van der Waals surface area (Å²) in [6.45, 7) is 1.83. The minimum absolute atomic E-state index is 0.0184. The number of hydrazone groups is 1. The molecule has 0 aliphatic rings. The smallest absolute Gasteiger partial charge is 0.333 e. The number of hydrogen-bond acceptors (Lipinski definition) is 5. The first-order chi connectivity index (χ1) is 12.5. The predicted octanol–water partition coefficient (Wildman–Crippen LogP) is 2.17. The molecule has 0 fully saturated rings. The third-order valence-electron chi connectivity index (χ3n) is 4.36. The highest BCUT2D eigenvalue weighted by Gasteiger charge is 2.19. The third kappa shape index (κ3) is 2.88. The molecule has 0 amide bonds. The minimum atomic E-state index is -0.589. The van der Waals surface area contributed by atoms with E-state index in [-0.39, 0.29) is 5.56 Å². The van der Waals surface area contributed by atoms with Gasteiger partial charge < -0.3 is 5.11 Å². The van der Waals surface area contributed by atoms with E-state index in [0.29, 0.717) is 12.1 Å². The van der Waals surface area contributed by atoms with Gasteiger partial charge in [0.2, 0.25) is 5.88 Å². The molecule has 1 aromatic heterocycles. The van der Waals surface area contributed by atoms with Gasteiger partial charge in [0.25, 0.3) is 5.56 Å². The second-order valence-corrected chi connectivity index (χ2v) is 5.95. The van der Waals surface area contributed by atoms with Gasteiger partial charge in [-0.3, -0.25) is 19.4 Å². The van der Waals surface area contributed by atoms with Gasteiger partial charge in [-0.1, -0.05) is 43.3 Å². The summed E-state index contributed by atoms with van der Waals surface area (Å²) in [6.07, 6.45) is 0.402. The molecule has 0 radical (unpaired) electrons. The number of hydrogen-bond donors (Lipinski definition) is 2. The fourth-order valence-electron chi connectivity index (χ4n) is 2.85. The Morgan fingerprint density at radius 2 is 1.77 bits per heavy atom. The summed E-state index contributed by atoms with van der Waals surface area (Å²) in [5, 5.41) is 16.7. The van der Waals surface area contributed by atoms with E-state index in [2.05, 4.69) is 10.5 Å². The van der Waals surface area contributed by atoms with E-state index >= 15 is 0 Å². The van der Waals surface area contributed by atoms with Gasteiger partial charge in [-0.25, -0.2) is 4.79 Å². The lowest BCUT2D eigenvalue weighted by atomic mass is 10.1. The highest BCUT2D eigenvalue weighted by Crippen LogP contribution is 2.23. The number of anilines is 1. The van der Waals surface area contributed by atoms with E-state index < -0.39 is 17.1 Å². The molecule has 7 nitrogen and oxygen atoms in total. The van der Waals surface area contributed by atoms with Crippen molar-refractivity contribution in [1.29, 1.82) is 0 Å². The number of aromatic nitrogens is 2. The maximum Gasteiger partial charge on any atom is 0.333 e. The van der Waals surface area contributed by atoms with Crippen LogP contribution in [0.5, 0.6) is 5.88 Å². The highest BCUT2D eigenvalue weighted by atomic mass is 16.3. The summed E-state index contributed by atoms with van der Waals surface area (Å²) in [6, 6.07) is 13.7. The van der Waals surface area contributed by atoms with Crippen LogP contribution in [0.25, 0.3) is 10.8 Å². The number of fused-ring (bicyclic) bond motifs is 1. The van der Waals surface area contributed by atoms with Gasteiger partial charge in [0.05, 0.1) is 11.4 Å². The molecule has 0 saturated carbocycles. The van der Waals surface area contributed by atoms with Gasteiger partial charge in [0.15, 0.2) is 0 Å². The molecule has 0 aliphatic carbocycles. The van der Waals surface area contributed by atoms with E-state index in [4.69, 9.17) is 0 Å². The number of aromatic hydroxyl groups is 1. The molecule has 134 valence electrons. The molecule has 26 heavy (non-hydrogen) atoms. The lowest BCUT2D eigenvalue weighted by Crippen LogP contribution is -2.40. The largest absolute Gasteiger partial charge is 0.494 e. The molecule has 2 aromatic carbocycles. The van der Waals surface area contributed by atoms with Crippen molar-refractivity contribution < 1.29 is 5.11 Å². The number of nitrogens with one attached hydrogen (secondary N) is 1. The van der Waals surface area contributed by atoms with Gasteiger partial charge in [-0.05, 0) is 17.9 Å². The molecular formula is C19H20N4O3. The molecule has 1 heterocycles. The fraction of sp³-hybridized carbons (Fsp3) is 0.211. The summed E-state index contributed by atoms with van der Waals surface area (Å²) in [5.41, 5.74) is 2.99. The van der Waals surface area contributed by atoms with Crippen molar-refractivity contribution in [1.82, 2.24) is 9.13 Å². The van der Waals surface area contributed by atoms with Crippen LogP contribution >= 0.6 is 0 Å². The summed E-state index contributed by atoms with van der Waals surface area (Å²) < 4.78 is 1.98. The van der Waals surface area contributed by atoms with Crippen LogP contribution in [0.4, 0.5) is 5.69 Å². The Morgan fingerprint density at radius 3 is 2.50 bits per heavy atom. The zero-order valence-electron chi connectivity index (χ0n) is 14.9. The molecule has 3 aromatic rings. The van der Waals surface area contributed by atoms with Gasteiger partial charge in [-0.15, -0.1) is 0 Å². The monoisotopic (exact) mass is 352 g/mol. The van der Waals surface area contributed by atoms with Crippen LogP contribution in [0.1, 0.15) is 18.9 Å². The van der Waals surface area contributed by atoms with Crippen LogP contribution in [0, 0.1) is 0 Å². The fourth-order valence-corrected chi connectivity index (χ4v) is 2.85. The van der Waals surface area contributed by atoms with Crippen LogP contribution in [0.2, 0.25) is 0 Å². The van der Waals surface area contributed by atoms with Crippen molar-refractivity contribution in [2.24, 2.45) is 19.2 Å². The van der Waals surface area contributed by atoms with Crippen molar-refractivity contribution in [3.8, 4) is 5.88 Å². The normalized spacial score (nSPS) is 11.7. The Labute approximate surface area is 149 Å². The lowest BCUT2D eigenvalue weighted by Gasteiger charge is -2.12. The number of rotatable bonds is 4. The summed E-state index contributed by atoms with van der Waals surface area (Å²) in [4.78, 5) is 24.4. The first-order valence-corrected chi connectivity index (χ1v) is 8.25. The summed E-state index contributed by atoms with van der Waals surface area (Å²) in [5.74, 6) is -0.390. The Morgan fingerprint density at radius 1 is 1.08 bits per heavy atom. The van der Waals surface area contributed by atoms with Gasteiger partial charge in [-0.2, -0.15) is 5.10 Å². The average Bonchev–Trinajstić information content (AvgIpc) is 2.67. The van der Waals surface area contributed by atoms with Crippen molar-refractivity contribution in [2.75, 3.05) is 5.43 Å². The highest BCUT2D eigenvalue weighted by molar-refractivity contribution is 6.03. The molecule has 0 unspecified atom stereocenters. The molecular weight excluding hydrogens is 332 g/mol. The van der Waals surface area contributed by atoms with Crippen molar-refractivity contribution >= 4 is 22.2 Å². The molecule has 0 atom stereocenters. The second kappa shape index (κ2) is 6.87. The van der Waals surface area contributed by atoms with Crippen LogP contribution < -0.4 is 16.7 Å². The molecule has 7 heteroatoms. The Bertz CT molecular complexity index is 1120. The van der Waals surface area contributed by atoms with Gasteiger partial charge in [0.1, 0.15) is 5.56 Å². The molecule has 0 saturated heterocycles. The first kappa shape index (κ1) is 17.5. The summed E-state index contributed by atoms with van der Waals surface area (Å²) in [7, 11) is 2.78. The van der Waals surface area contributed by atoms with E-state index in [9.17, 15) is 14.7 Å². The maximum atomic E-state index is 12.5. The second-order valence-electron chi connectivity index (χ2n) is 5.95. The van der Waals surface area contributed by atoms with Gasteiger partial charge in [0, 0.05) is 19.5 Å². The van der Waals surface area contributed by atoms with Crippen molar-refractivity contribution in [3.63, 3.8) is 0 Å². The third-order valence-corrected chi connectivity index (χ3v) is 4.36. The Hall–Kier alpha value is -3.35. The van der Waals surface area contributed by atoms with E-state index in [1.54, 1.807) is 0 Å². The van der Waals surface area contributed by atoms with E-state index in [0.717, 1.165) is 25.6 Å². The van der Waals surface area contributed by atoms with Crippen LogP contribution in [-0.2, 0) is 14.1 Å². The van der Waals surface area contributed by atoms with Gasteiger partial charge >= 0.3 is 5.69 Å². The Balaban J connectivity index is 2.11. The van der Waals surface area contributed by atoms with E-state index in [1.165, 1.54) is 14.1 Å². The van der Waals surface area contributed by atoms with Crippen molar-refractivity contribution in [3.05, 3.63) is 68.9 Å². The zero-order valence-corrected chi connectivity index (χ0v) is 14.9. The van der Waals surface area contributed by atoms with Crippen LogP contribution in [0.3, 0.4) is 0 Å². The maximum absolute atomic E-state index is 12.5. The summed E-state index contributed by atoms with van der Waals surface area (Å²) >= 11 is 0. The lowest BCUT2D eigenvalue weighted by molar-refractivity contribution is 0.410. The average molecular weight is 352 g/mol. The molecule has 3 rings (SSSR count). The minimum Gasteiger partial charge on any atom is -0.494 e. The number of benzene rings is 2. The quantitative estimate of drug-likeness (QED) is 0.556. The molecule has 0 bridgehead atoms.